The van der Waals surface area contributed by atoms with Gasteiger partial charge in [-0.1, -0.05) is 19.9 Å². The Kier molecular flexibility index (Phi) is 7.20. The highest BCUT2D eigenvalue weighted by atomic mass is 79.9. The van der Waals surface area contributed by atoms with E-state index in [1.54, 1.807) is 18.2 Å². The summed E-state index contributed by atoms with van der Waals surface area (Å²) in [7, 11) is 3.13. The molecular weight excluding hydrogens is 400 g/mol. The van der Waals surface area contributed by atoms with Gasteiger partial charge in [0.25, 0.3) is 5.91 Å². The van der Waals surface area contributed by atoms with E-state index in [2.05, 4.69) is 31.2 Å². The molecule has 1 fully saturated rings. The number of nitrogens with zero attached hydrogens (tertiary/aromatic N) is 3. The molecule has 140 valence electrons. The molecule has 1 unspecified atom stereocenters. The number of benzene rings is 1. The van der Waals surface area contributed by atoms with Crippen LogP contribution >= 0.6 is 15.9 Å². The van der Waals surface area contributed by atoms with E-state index < -0.39 is 0 Å². The van der Waals surface area contributed by atoms with E-state index in [4.69, 9.17) is 9.47 Å². The third kappa shape index (κ3) is 4.43. The summed E-state index contributed by atoms with van der Waals surface area (Å²) in [6.45, 7) is 4.55. The smallest absolute Gasteiger partial charge is 0.251 e. The van der Waals surface area contributed by atoms with E-state index in [0.717, 1.165) is 11.4 Å². The lowest BCUT2D eigenvalue weighted by Gasteiger charge is -2.17. The molecule has 7 nitrogen and oxygen atoms in total. The van der Waals surface area contributed by atoms with Crippen molar-refractivity contribution in [2.45, 2.75) is 26.3 Å². The third-order valence-corrected chi connectivity index (χ3v) is 4.29. The highest BCUT2D eigenvalue weighted by molar-refractivity contribution is 9.10. The zero-order valence-electron chi connectivity index (χ0n) is 15.3. The van der Waals surface area contributed by atoms with E-state index in [1.807, 2.05) is 38.1 Å². The van der Waals surface area contributed by atoms with E-state index in [0.29, 0.717) is 29.3 Å². The molecule has 2 heterocycles. The van der Waals surface area contributed by atoms with Crippen LogP contribution in [0, 0.1) is 0 Å². The molecule has 0 aliphatic carbocycles. The number of carbonyl (C=O) groups is 1. The molecule has 0 bridgehead atoms. The van der Waals surface area contributed by atoms with Crippen LogP contribution in [0.5, 0.6) is 11.6 Å². The van der Waals surface area contributed by atoms with Crippen LogP contribution in [0.25, 0.3) is 0 Å². The maximum atomic E-state index is 12.6. The minimum atomic E-state index is -0.324. The summed E-state index contributed by atoms with van der Waals surface area (Å²) in [6, 6.07) is 7.17. The molecule has 0 saturated carbocycles. The van der Waals surface area contributed by atoms with Crippen LogP contribution in [-0.2, 0) is 4.79 Å². The van der Waals surface area contributed by atoms with Gasteiger partial charge in [-0.05, 0) is 34.5 Å². The summed E-state index contributed by atoms with van der Waals surface area (Å²) in [5.74, 6) is 1.41. The van der Waals surface area contributed by atoms with E-state index in [9.17, 15) is 4.79 Å². The molecule has 1 N–H and O–H groups in total. The van der Waals surface area contributed by atoms with Crippen molar-refractivity contribution in [1.29, 1.82) is 0 Å². The van der Waals surface area contributed by atoms with Gasteiger partial charge in [0.15, 0.2) is 0 Å². The highest BCUT2D eigenvalue weighted by Crippen LogP contribution is 2.27. The fraction of sp³-hybridized carbons (Fsp3) is 0.389. The van der Waals surface area contributed by atoms with Gasteiger partial charge in [0.1, 0.15) is 11.8 Å². The Morgan fingerprint density at radius 3 is 2.73 bits per heavy atom. The number of nitrogens with one attached hydrogen (secondary N) is 1. The zero-order chi connectivity index (χ0) is 19.1. The average molecular weight is 423 g/mol. The summed E-state index contributed by atoms with van der Waals surface area (Å²) in [5.41, 5.74) is 0.837. The molecule has 2 aromatic rings. The molecule has 1 aromatic carbocycles. The zero-order valence-corrected chi connectivity index (χ0v) is 16.9. The Morgan fingerprint density at radius 2 is 2.04 bits per heavy atom. The number of aromatic nitrogens is 2. The van der Waals surface area contributed by atoms with E-state index >= 15 is 0 Å². The lowest BCUT2D eigenvalue weighted by atomic mass is 10.2. The second-order valence-corrected chi connectivity index (χ2v) is 6.09. The van der Waals surface area contributed by atoms with Gasteiger partial charge >= 0.3 is 0 Å². The molecule has 0 spiro atoms. The fourth-order valence-electron chi connectivity index (χ4n) is 2.54. The van der Waals surface area contributed by atoms with Crippen molar-refractivity contribution in [3.63, 3.8) is 0 Å². The molecule has 26 heavy (non-hydrogen) atoms. The number of amides is 1. The third-order valence-electron chi connectivity index (χ3n) is 3.75. The van der Waals surface area contributed by atoms with Crippen LogP contribution in [0.4, 0.5) is 11.6 Å². The van der Waals surface area contributed by atoms with E-state index in [-0.39, 0.29) is 11.9 Å². The van der Waals surface area contributed by atoms with Crippen LogP contribution in [0.3, 0.4) is 0 Å². The monoisotopic (exact) mass is 422 g/mol. The summed E-state index contributed by atoms with van der Waals surface area (Å²) in [5, 5.41) is 3.24. The second kappa shape index (κ2) is 9.38. The van der Waals surface area contributed by atoms with Gasteiger partial charge in [0.05, 0.1) is 24.9 Å². The SMILES string of the molecule is CC.COc1cccc(NC2CCN(c3ncc(Br)c(OC)n3)C2=O)c1. The van der Waals surface area contributed by atoms with Crippen LogP contribution in [-0.4, -0.2) is 42.7 Å². The van der Waals surface area contributed by atoms with Crippen molar-refractivity contribution < 1.29 is 14.3 Å². The first-order chi connectivity index (χ1) is 12.6. The molecular formula is C18H23BrN4O3. The maximum Gasteiger partial charge on any atom is 0.251 e. The fourth-order valence-corrected chi connectivity index (χ4v) is 2.90. The first-order valence-electron chi connectivity index (χ1n) is 8.41. The van der Waals surface area contributed by atoms with Crippen molar-refractivity contribution >= 4 is 33.5 Å². The Labute approximate surface area is 161 Å². The lowest BCUT2D eigenvalue weighted by Crippen LogP contribution is -2.34. The quantitative estimate of drug-likeness (QED) is 0.794. The van der Waals surface area contributed by atoms with Crippen molar-refractivity contribution in [2.24, 2.45) is 0 Å². The number of hydrogen-bond acceptors (Lipinski definition) is 6. The minimum absolute atomic E-state index is 0.0674. The number of halogens is 1. The Hall–Kier alpha value is -2.35. The summed E-state index contributed by atoms with van der Waals surface area (Å²) in [6.07, 6.45) is 2.25. The Morgan fingerprint density at radius 1 is 1.27 bits per heavy atom. The van der Waals surface area contributed by atoms with E-state index in [1.165, 1.54) is 7.11 Å². The summed E-state index contributed by atoms with van der Waals surface area (Å²) < 4.78 is 11.0. The molecule has 3 rings (SSSR count). The van der Waals surface area contributed by atoms with Crippen molar-refractivity contribution in [1.82, 2.24) is 9.97 Å². The van der Waals surface area contributed by atoms with Crippen molar-refractivity contribution in [3.05, 3.63) is 34.9 Å². The first-order valence-corrected chi connectivity index (χ1v) is 9.20. The lowest BCUT2D eigenvalue weighted by molar-refractivity contribution is -0.117. The molecule has 1 aromatic heterocycles. The number of rotatable bonds is 5. The molecule has 1 saturated heterocycles. The van der Waals surface area contributed by atoms with Gasteiger partial charge in [-0.3, -0.25) is 9.69 Å². The molecule has 8 heteroatoms. The number of anilines is 2. The summed E-state index contributed by atoms with van der Waals surface area (Å²) in [4.78, 5) is 22.7. The number of carbonyl (C=O) groups excluding carboxylic acids is 1. The van der Waals surface area contributed by atoms with Crippen LogP contribution in [0.15, 0.2) is 34.9 Å². The molecule has 1 aliphatic heterocycles. The van der Waals surface area contributed by atoms with Crippen molar-refractivity contribution in [3.8, 4) is 11.6 Å². The predicted molar refractivity (Wildman–Crippen MR) is 105 cm³/mol. The normalized spacial score (nSPS) is 16.0. The average Bonchev–Trinajstić information content (AvgIpc) is 3.04. The van der Waals surface area contributed by atoms with Gasteiger partial charge in [-0.15, -0.1) is 0 Å². The van der Waals surface area contributed by atoms with Crippen LogP contribution in [0.1, 0.15) is 20.3 Å². The molecule has 1 atom stereocenters. The molecule has 1 aliphatic rings. The summed E-state index contributed by atoms with van der Waals surface area (Å²) >= 11 is 3.31. The van der Waals surface area contributed by atoms with Crippen molar-refractivity contribution in [2.75, 3.05) is 31.0 Å². The molecule has 0 radical (unpaired) electrons. The maximum absolute atomic E-state index is 12.6. The molecule has 1 amide bonds. The Balaban J connectivity index is 0.00000117. The standard InChI is InChI=1S/C16H17BrN4O3.C2H6/c1-23-11-5-3-4-10(8-11)19-13-6-7-21(15(13)22)16-18-9-12(17)14(20-16)24-2;1-2/h3-5,8-9,13,19H,6-7H2,1-2H3;1-2H3. The van der Waals surface area contributed by atoms with Gasteiger partial charge in [-0.2, -0.15) is 4.98 Å². The highest BCUT2D eigenvalue weighted by Gasteiger charge is 2.34. The van der Waals surface area contributed by atoms with Gasteiger partial charge in [0, 0.05) is 18.3 Å². The largest absolute Gasteiger partial charge is 0.497 e. The second-order valence-electron chi connectivity index (χ2n) is 5.23. The number of hydrogen-bond donors (Lipinski definition) is 1. The minimum Gasteiger partial charge on any atom is -0.497 e. The number of ether oxygens (including phenoxy) is 2. The van der Waals surface area contributed by atoms with Crippen LogP contribution < -0.4 is 19.7 Å². The van der Waals surface area contributed by atoms with Gasteiger partial charge < -0.3 is 14.8 Å². The topological polar surface area (TPSA) is 76.6 Å². The predicted octanol–water partition coefficient (Wildman–Crippen LogP) is 3.50. The van der Waals surface area contributed by atoms with Gasteiger partial charge in [-0.25, -0.2) is 4.98 Å². The van der Waals surface area contributed by atoms with Crippen LogP contribution in [0.2, 0.25) is 0 Å². The number of methoxy groups -OCH3 is 2. The van der Waals surface area contributed by atoms with Gasteiger partial charge in [0.2, 0.25) is 11.8 Å². The Bertz CT molecular complexity index is 757. The first kappa shape index (κ1) is 20.0.